The maximum atomic E-state index is 14.5. The summed E-state index contributed by atoms with van der Waals surface area (Å²) in [4.78, 5) is 34.6. The molecule has 3 aliphatic carbocycles. The third-order valence-corrected chi connectivity index (χ3v) is 12.6. The van der Waals surface area contributed by atoms with Gasteiger partial charge in [0.05, 0.1) is 0 Å². The highest BCUT2D eigenvalue weighted by Gasteiger charge is 2.80. The number of hydrogen-bond acceptors (Lipinski definition) is 6. The maximum absolute atomic E-state index is 14.5. The Hall–Kier alpha value is -3.69. The molecule has 36 heteroatoms. The molecule has 0 aromatic rings. The van der Waals surface area contributed by atoms with E-state index in [9.17, 15) is 146 Å². The van der Waals surface area contributed by atoms with E-state index in [-0.39, 0.29) is 20.8 Å². The molecule has 75 heavy (non-hydrogen) atoms. The van der Waals surface area contributed by atoms with Crippen LogP contribution in [0.2, 0.25) is 0 Å². The molecule has 9 atom stereocenters. The van der Waals surface area contributed by atoms with Crippen molar-refractivity contribution in [3.63, 3.8) is 0 Å². The van der Waals surface area contributed by atoms with E-state index in [0.29, 0.717) is 0 Å². The van der Waals surface area contributed by atoms with Gasteiger partial charge in [0.25, 0.3) is 23.7 Å². The van der Waals surface area contributed by atoms with Crippen LogP contribution in [0, 0.1) is 35.5 Å². The van der Waals surface area contributed by atoms with Gasteiger partial charge in [0.1, 0.15) is 17.8 Å². The van der Waals surface area contributed by atoms with E-state index in [2.05, 4.69) is 14.2 Å². The number of halogens is 30. The van der Waals surface area contributed by atoms with E-state index in [1.807, 2.05) is 0 Å². The summed E-state index contributed by atoms with van der Waals surface area (Å²) in [5.74, 6) is -66.3. The van der Waals surface area contributed by atoms with E-state index in [4.69, 9.17) is 0 Å². The molecule has 0 N–H and O–H groups in total. The Bertz CT molecular complexity index is 1930. The summed E-state index contributed by atoms with van der Waals surface area (Å²) in [7, 11) is 0. The molecular weight excluding hydrogens is 1130 g/mol. The fourth-order valence-electron chi connectivity index (χ4n) is 7.92. The van der Waals surface area contributed by atoms with Crippen molar-refractivity contribution in [3.05, 3.63) is 0 Å². The summed E-state index contributed by atoms with van der Waals surface area (Å²) in [6.45, 7) is -5.02. The van der Waals surface area contributed by atoms with E-state index < -0.39 is 201 Å². The SMILES string of the molecule is CC1CC(C(=O)OCC(F)(F)C(F)(F)F)C(F)(F)C(F)(C(C)(F)F)C1.CCC1CC(C(=O)OCC(F)(F)C(F)(F)F)C(F)(F)C(C)(F)C1(F)F.CCC1CC(C(=O)OCC(F)(F)C(F)(F)F)C(F)(F)C1(F)C(C)(F)F. The number of hydrogen-bond donors (Lipinski definition) is 0. The number of esters is 3. The maximum Gasteiger partial charge on any atom is 0.456 e. The van der Waals surface area contributed by atoms with Crippen molar-refractivity contribution in [2.24, 2.45) is 35.5 Å². The van der Waals surface area contributed by atoms with Gasteiger partial charge in [-0.1, -0.05) is 20.8 Å². The minimum atomic E-state index is -6.12. The Morgan fingerprint density at radius 1 is 0.440 bits per heavy atom. The predicted octanol–water partition coefficient (Wildman–Crippen LogP) is 14.3. The van der Waals surface area contributed by atoms with E-state index >= 15 is 0 Å². The third kappa shape index (κ3) is 13.1. The summed E-state index contributed by atoms with van der Waals surface area (Å²) >= 11 is 0. The smallest absolute Gasteiger partial charge is 0.456 e. The molecule has 9 unspecified atom stereocenters. The topological polar surface area (TPSA) is 78.9 Å². The highest BCUT2D eigenvalue weighted by Crippen LogP contribution is 2.62. The van der Waals surface area contributed by atoms with Crippen LogP contribution in [0.3, 0.4) is 0 Å². The van der Waals surface area contributed by atoms with Gasteiger partial charge in [-0.2, -0.15) is 65.9 Å². The average molecular weight is 1180 g/mol. The van der Waals surface area contributed by atoms with E-state index in [1.165, 1.54) is 0 Å². The van der Waals surface area contributed by atoms with Gasteiger partial charge in [0.2, 0.25) is 17.0 Å². The Morgan fingerprint density at radius 2 is 0.733 bits per heavy atom. The second kappa shape index (κ2) is 21.5. The minimum Gasteiger partial charge on any atom is -0.458 e. The van der Waals surface area contributed by atoms with Gasteiger partial charge in [-0.15, -0.1) is 0 Å². The lowest BCUT2D eigenvalue weighted by atomic mass is 9.67. The molecule has 0 radical (unpaired) electrons. The van der Waals surface area contributed by atoms with Gasteiger partial charge in [-0.25, -0.2) is 65.9 Å². The fourth-order valence-corrected chi connectivity index (χ4v) is 7.92. The molecule has 0 aromatic heterocycles. The summed E-state index contributed by atoms with van der Waals surface area (Å²) in [6.07, 6.45) is -24.2. The minimum absolute atomic E-state index is 0.130. The first kappa shape index (κ1) is 69.3. The molecule has 0 aromatic carbocycles. The van der Waals surface area contributed by atoms with Crippen molar-refractivity contribution < 1.29 is 160 Å². The second-order valence-corrected chi connectivity index (χ2v) is 18.1. The standard InChI is InChI=1S/3C13H14F10O2/c1-6-3-7(8(24)25-5-11(17,18)13(21,22)23)12(19,20)10(16,4-6)9(2,14)15;1-3-6-4-7(12(19,20)11(6,18)9(2,14)15)8(24)25-5-10(16,17)13(21,22)23;1-3-6-4-7(12(19,20)9(2,14)11(6,17)18)8(24)25-5-10(15,16)13(21,22)23/h3*6-7H,3-5H2,1-2H3. The molecule has 0 amide bonds. The number of ether oxygens (including phenoxy) is 3. The highest BCUT2D eigenvalue weighted by molar-refractivity contribution is 5.75. The molecule has 3 aliphatic rings. The molecule has 0 spiro atoms. The second-order valence-electron chi connectivity index (χ2n) is 18.1. The average Bonchev–Trinajstić information content (AvgIpc) is 3.42. The number of carbonyl (C=O) groups is 3. The van der Waals surface area contributed by atoms with Crippen LogP contribution in [0.4, 0.5) is 132 Å². The van der Waals surface area contributed by atoms with E-state index in [1.54, 1.807) is 0 Å². The fraction of sp³-hybridized carbons (Fsp3) is 0.923. The summed E-state index contributed by atoms with van der Waals surface area (Å²) in [5, 5.41) is 0. The van der Waals surface area contributed by atoms with Gasteiger partial charge in [-0.3, -0.25) is 14.4 Å². The van der Waals surface area contributed by atoms with Crippen molar-refractivity contribution >= 4 is 17.9 Å². The Kier molecular flexibility index (Phi) is 19.9. The van der Waals surface area contributed by atoms with Crippen molar-refractivity contribution in [3.8, 4) is 0 Å². The number of alkyl halides is 30. The first-order valence-electron chi connectivity index (χ1n) is 20.9. The quantitative estimate of drug-likeness (QED) is 0.104. The van der Waals surface area contributed by atoms with Crippen molar-refractivity contribution in [2.75, 3.05) is 19.8 Å². The molecule has 444 valence electrons. The zero-order valence-electron chi connectivity index (χ0n) is 38.6. The van der Waals surface area contributed by atoms with Crippen LogP contribution in [-0.4, -0.2) is 127 Å². The normalized spacial score (nSPS) is 31.2. The predicted molar refractivity (Wildman–Crippen MR) is 190 cm³/mol. The Morgan fingerprint density at radius 3 is 1.00 bits per heavy atom. The Labute approximate surface area is 402 Å². The summed E-state index contributed by atoms with van der Waals surface area (Å²) in [6, 6.07) is 0. The molecule has 0 bridgehead atoms. The molecule has 3 saturated carbocycles. The van der Waals surface area contributed by atoms with Crippen LogP contribution in [0.15, 0.2) is 0 Å². The van der Waals surface area contributed by atoms with Gasteiger partial charge in [0, 0.05) is 25.7 Å². The van der Waals surface area contributed by atoms with Crippen LogP contribution < -0.4 is 0 Å². The van der Waals surface area contributed by atoms with Gasteiger partial charge >= 0.3 is 66.0 Å². The molecular formula is C39H42F30O6. The van der Waals surface area contributed by atoms with Crippen molar-refractivity contribution in [1.29, 1.82) is 0 Å². The van der Waals surface area contributed by atoms with Crippen LogP contribution in [-0.2, 0) is 28.6 Å². The van der Waals surface area contributed by atoms with Crippen LogP contribution >= 0.6 is 0 Å². The summed E-state index contributed by atoms with van der Waals surface area (Å²) < 4.78 is 403. The Balaban J connectivity index is 0.000000562. The molecule has 3 rings (SSSR count). The molecule has 3 fully saturated rings. The first-order valence-corrected chi connectivity index (χ1v) is 20.9. The lowest BCUT2D eigenvalue weighted by molar-refractivity contribution is -0.311. The lowest BCUT2D eigenvalue weighted by Crippen LogP contribution is -2.66. The van der Waals surface area contributed by atoms with Gasteiger partial charge in [0.15, 0.2) is 19.8 Å². The van der Waals surface area contributed by atoms with Crippen molar-refractivity contribution in [1.82, 2.24) is 0 Å². The molecule has 0 saturated heterocycles. The first-order chi connectivity index (χ1) is 32.7. The zero-order chi connectivity index (χ0) is 60.2. The van der Waals surface area contributed by atoms with Crippen LogP contribution in [0.1, 0.15) is 80.1 Å². The summed E-state index contributed by atoms with van der Waals surface area (Å²) in [5.41, 5.74) is -13.5. The third-order valence-electron chi connectivity index (χ3n) is 12.6. The van der Waals surface area contributed by atoms with Gasteiger partial charge < -0.3 is 14.2 Å². The lowest BCUT2D eigenvalue weighted by Gasteiger charge is -2.48. The molecule has 6 nitrogen and oxygen atoms in total. The zero-order valence-corrected chi connectivity index (χ0v) is 38.6. The number of carbonyl (C=O) groups excluding carboxylic acids is 3. The number of rotatable bonds is 13. The van der Waals surface area contributed by atoms with Crippen LogP contribution in [0.25, 0.3) is 0 Å². The molecule has 0 aliphatic heterocycles. The monoisotopic (exact) mass is 1180 g/mol. The largest absolute Gasteiger partial charge is 0.458 e. The molecule has 0 heterocycles. The van der Waals surface area contributed by atoms with E-state index in [0.717, 1.165) is 20.8 Å². The van der Waals surface area contributed by atoms with Gasteiger partial charge in [-0.05, 0) is 51.4 Å². The van der Waals surface area contributed by atoms with Crippen LogP contribution in [0.5, 0.6) is 0 Å². The van der Waals surface area contributed by atoms with Crippen molar-refractivity contribution in [2.45, 2.75) is 169 Å². The highest BCUT2D eigenvalue weighted by atomic mass is 19.4.